The zero-order valence-corrected chi connectivity index (χ0v) is 18.4. The van der Waals surface area contributed by atoms with Crippen LogP contribution in [0.3, 0.4) is 0 Å². The molecule has 1 N–H and O–H groups in total. The van der Waals surface area contributed by atoms with Crippen LogP contribution in [0.1, 0.15) is 37.7 Å². The lowest BCUT2D eigenvalue weighted by atomic mass is 10.1. The number of nitrogens with zero attached hydrogens (tertiary/aromatic N) is 3. The number of alkyl halides is 2. The Morgan fingerprint density at radius 3 is 2.61 bits per heavy atom. The number of rotatable bonds is 7. The molecule has 0 unspecified atom stereocenters. The Bertz CT molecular complexity index is 865. The fourth-order valence-electron chi connectivity index (χ4n) is 4.84. The molecule has 0 amide bonds. The van der Waals surface area contributed by atoms with Crippen molar-refractivity contribution in [1.29, 1.82) is 0 Å². The van der Waals surface area contributed by atoms with Gasteiger partial charge in [0.2, 0.25) is 0 Å². The van der Waals surface area contributed by atoms with Crippen LogP contribution < -0.4 is 9.47 Å². The number of likely N-dealkylation sites (tertiary alicyclic amines) is 2. The van der Waals surface area contributed by atoms with Gasteiger partial charge in [-0.05, 0) is 44.1 Å². The third-order valence-corrected chi connectivity index (χ3v) is 6.42. The molecule has 2 aliphatic rings. The summed E-state index contributed by atoms with van der Waals surface area (Å²) < 4.78 is 39.7. The van der Waals surface area contributed by atoms with E-state index in [4.69, 9.17) is 9.47 Å². The normalized spacial score (nSPS) is 22.4. The van der Waals surface area contributed by atoms with Gasteiger partial charge in [-0.1, -0.05) is 12.8 Å². The highest BCUT2D eigenvalue weighted by Gasteiger charge is 2.45. The van der Waals surface area contributed by atoms with Gasteiger partial charge in [-0.15, -0.1) is 0 Å². The first kappa shape index (κ1) is 22.0. The van der Waals surface area contributed by atoms with Crippen LogP contribution in [0.15, 0.2) is 24.4 Å². The van der Waals surface area contributed by atoms with Gasteiger partial charge < -0.3 is 14.4 Å². The lowest BCUT2D eigenvalue weighted by Crippen LogP contribution is -2.40. The molecule has 6 nitrogen and oxygen atoms in total. The first-order chi connectivity index (χ1) is 15.0. The van der Waals surface area contributed by atoms with E-state index in [1.807, 2.05) is 23.1 Å². The average Bonchev–Trinajstić information content (AvgIpc) is 3.21. The highest BCUT2D eigenvalue weighted by Crippen LogP contribution is 2.37. The summed E-state index contributed by atoms with van der Waals surface area (Å²) in [5, 5.41) is 7.25. The summed E-state index contributed by atoms with van der Waals surface area (Å²) in [5.41, 5.74) is 2.47. The second-order valence-corrected chi connectivity index (χ2v) is 8.67. The number of aromatic amines is 1. The van der Waals surface area contributed by atoms with Crippen molar-refractivity contribution < 1.29 is 18.3 Å². The average molecular weight is 435 g/mol. The highest BCUT2D eigenvalue weighted by atomic mass is 19.3. The number of halogens is 2. The molecule has 170 valence electrons. The van der Waals surface area contributed by atoms with Crippen molar-refractivity contribution in [2.45, 2.75) is 50.6 Å². The van der Waals surface area contributed by atoms with E-state index in [-0.39, 0.29) is 19.0 Å². The third kappa shape index (κ3) is 5.18. The number of hydrogen-bond donors (Lipinski definition) is 1. The van der Waals surface area contributed by atoms with E-state index in [1.54, 1.807) is 20.4 Å². The van der Waals surface area contributed by atoms with Crippen molar-refractivity contribution in [3.8, 4) is 22.8 Å². The van der Waals surface area contributed by atoms with Crippen LogP contribution in [-0.4, -0.2) is 72.4 Å². The molecule has 1 aromatic carbocycles. The van der Waals surface area contributed by atoms with Crippen LogP contribution in [-0.2, 0) is 6.54 Å². The van der Waals surface area contributed by atoms with E-state index >= 15 is 0 Å². The number of hydrogen-bond acceptors (Lipinski definition) is 5. The van der Waals surface area contributed by atoms with E-state index in [1.165, 1.54) is 12.8 Å². The minimum absolute atomic E-state index is 0.0842. The molecular formula is C23H32F2N4O2. The molecule has 8 heteroatoms. The second kappa shape index (κ2) is 9.53. The van der Waals surface area contributed by atoms with Gasteiger partial charge in [-0.25, -0.2) is 8.78 Å². The molecule has 3 heterocycles. The second-order valence-electron chi connectivity index (χ2n) is 8.67. The molecule has 31 heavy (non-hydrogen) atoms. The molecule has 2 saturated heterocycles. The Labute approximate surface area is 182 Å². The van der Waals surface area contributed by atoms with Crippen LogP contribution in [0.25, 0.3) is 11.3 Å². The molecule has 0 saturated carbocycles. The van der Waals surface area contributed by atoms with E-state index < -0.39 is 5.92 Å². The summed E-state index contributed by atoms with van der Waals surface area (Å²) in [6, 6.07) is 5.38. The maximum absolute atomic E-state index is 14.4. The summed E-state index contributed by atoms with van der Waals surface area (Å²) in [6.07, 6.45) is 6.44. The molecular weight excluding hydrogens is 402 g/mol. The summed E-state index contributed by atoms with van der Waals surface area (Å²) in [5.74, 6) is -1.28. The number of methoxy groups -OCH3 is 2. The van der Waals surface area contributed by atoms with E-state index in [9.17, 15) is 8.78 Å². The smallest absolute Gasteiger partial charge is 0.262 e. The van der Waals surface area contributed by atoms with Gasteiger partial charge in [0.15, 0.2) is 0 Å². The number of aromatic nitrogens is 2. The van der Waals surface area contributed by atoms with Crippen molar-refractivity contribution in [1.82, 2.24) is 20.0 Å². The topological polar surface area (TPSA) is 53.6 Å². The number of nitrogens with one attached hydrogen (secondary N) is 1. The van der Waals surface area contributed by atoms with Crippen LogP contribution in [0, 0.1) is 0 Å². The van der Waals surface area contributed by atoms with Crippen molar-refractivity contribution in [3.63, 3.8) is 0 Å². The van der Waals surface area contributed by atoms with Crippen molar-refractivity contribution >= 4 is 0 Å². The van der Waals surface area contributed by atoms with Gasteiger partial charge in [0, 0.05) is 36.7 Å². The third-order valence-electron chi connectivity index (χ3n) is 6.42. The van der Waals surface area contributed by atoms with Gasteiger partial charge in [0.05, 0.1) is 32.7 Å². The Morgan fingerprint density at radius 1 is 1.13 bits per heavy atom. The minimum atomic E-state index is -2.66. The number of benzene rings is 1. The van der Waals surface area contributed by atoms with Crippen molar-refractivity contribution in [2.75, 3.05) is 40.4 Å². The van der Waals surface area contributed by atoms with Crippen LogP contribution in [0.4, 0.5) is 8.78 Å². The Morgan fingerprint density at radius 2 is 1.90 bits per heavy atom. The van der Waals surface area contributed by atoms with Crippen molar-refractivity contribution in [2.24, 2.45) is 0 Å². The molecule has 0 aliphatic carbocycles. The Hall–Kier alpha value is -2.19. The number of H-pyrrole nitrogens is 1. The quantitative estimate of drug-likeness (QED) is 0.709. The molecule has 1 aromatic heterocycles. The van der Waals surface area contributed by atoms with Gasteiger partial charge in [0.25, 0.3) is 5.92 Å². The maximum Gasteiger partial charge on any atom is 0.262 e. The van der Waals surface area contributed by atoms with E-state index in [0.29, 0.717) is 24.6 Å². The van der Waals surface area contributed by atoms with Gasteiger partial charge >= 0.3 is 0 Å². The first-order valence-corrected chi connectivity index (χ1v) is 11.1. The summed E-state index contributed by atoms with van der Waals surface area (Å²) in [4.78, 5) is 4.29. The molecule has 1 atom stereocenters. The number of ether oxygens (including phenoxy) is 2. The largest absolute Gasteiger partial charge is 0.497 e. The molecule has 2 aromatic rings. The highest BCUT2D eigenvalue weighted by molar-refractivity contribution is 5.71. The molecule has 2 fully saturated rings. The predicted octanol–water partition coefficient (Wildman–Crippen LogP) is 4.18. The standard InChI is InChI=1S/C23H32F2N4O2/c1-30-19-7-8-21(31-2)20(11-19)22-17(13-26-27-22)14-29-16-23(24,25)12-18(29)15-28-9-5-3-4-6-10-28/h7-8,11,13,18H,3-6,9-10,12,14-16H2,1-2H3,(H,26,27)/t18-/m0/s1. The predicted molar refractivity (Wildman–Crippen MR) is 116 cm³/mol. The van der Waals surface area contributed by atoms with E-state index in [0.717, 1.165) is 42.8 Å². The van der Waals surface area contributed by atoms with Crippen LogP contribution in [0.5, 0.6) is 11.5 Å². The molecule has 0 spiro atoms. The fourth-order valence-corrected chi connectivity index (χ4v) is 4.84. The molecule has 2 aliphatic heterocycles. The Kier molecular flexibility index (Phi) is 6.77. The summed E-state index contributed by atoms with van der Waals surface area (Å²) in [7, 11) is 3.22. The fraction of sp³-hybridized carbons (Fsp3) is 0.609. The van der Waals surface area contributed by atoms with Crippen LogP contribution >= 0.6 is 0 Å². The van der Waals surface area contributed by atoms with E-state index in [2.05, 4.69) is 15.1 Å². The monoisotopic (exact) mass is 434 g/mol. The lowest BCUT2D eigenvalue weighted by molar-refractivity contribution is 0.0112. The maximum atomic E-state index is 14.4. The Balaban J connectivity index is 1.55. The van der Waals surface area contributed by atoms with Gasteiger partial charge in [-0.2, -0.15) is 5.10 Å². The summed E-state index contributed by atoms with van der Waals surface area (Å²) in [6.45, 7) is 2.92. The zero-order chi connectivity index (χ0) is 21.8. The lowest BCUT2D eigenvalue weighted by Gasteiger charge is -2.29. The summed E-state index contributed by atoms with van der Waals surface area (Å²) >= 11 is 0. The first-order valence-electron chi connectivity index (χ1n) is 11.1. The van der Waals surface area contributed by atoms with Gasteiger partial charge in [0.1, 0.15) is 11.5 Å². The van der Waals surface area contributed by atoms with Crippen molar-refractivity contribution in [3.05, 3.63) is 30.0 Å². The van der Waals surface area contributed by atoms with Gasteiger partial charge in [-0.3, -0.25) is 10.00 Å². The SMILES string of the molecule is COc1ccc(OC)c(-c2[nH]ncc2CN2CC(F)(F)C[C@H]2CN2CCCCCC2)c1. The molecule has 0 bridgehead atoms. The minimum Gasteiger partial charge on any atom is -0.497 e. The zero-order valence-electron chi connectivity index (χ0n) is 18.4. The van der Waals surface area contributed by atoms with Crippen LogP contribution in [0.2, 0.25) is 0 Å². The molecule has 0 radical (unpaired) electrons. The molecule has 4 rings (SSSR count).